The molecule has 0 spiro atoms. The van der Waals surface area contributed by atoms with Crippen LogP contribution >= 0.6 is 11.8 Å². The van der Waals surface area contributed by atoms with Gasteiger partial charge in [-0.3, -0.25) is 0 Å². The van der Waals surface area contributed by atoms with E-state index >= 15 is 0 Å². The Morgan fingerprint density at radius 1 is 1.57 bits per heavy atom. The average molecular weight is 215 g/mol. The molecule has 0 aromatic rings. The highest BCUT2D eigenvalue weighted by Crippen LogP contribution is 2.17. The second-order valence-electron chi connectivity index (χ2n) is 3.30. The Kier molecular flexibility index (Phi) is 3.77. The van der Waals surface area contributed by atoms with E-state index in [1.54, 1.807) is 18.8 Å². The molecule has 6 heteroatoms. The van der Waals surface area contributed by atoms with Crippen LogP contribution in [0.1, 0.15) is 13.8 Å². The Morgan fingerprint density at radius 2 is 2.21 bits per heavy atom. The minimum atomic E-state index is -0.0765. The fraction of sp³-hybridized carbons (Fsp3) is 0.750. The number of amidine groups is 1. The van der Waals surface area contributed by atoms with Crippen molar-refractivity contribution < 1.29 is 0 Å². The number of guanidine groups is 1. The normalized spacial score (nSPS) is 22.1. The van der Waals surface area contributed by atoms with Crippen LogP contribution in [0.5, 0.6) is 0 Å². The van der Waals surface area contributed by atoms with E-state index in [2.05, 4.69) is 29.1 Å². The maximum atomic E-state index is 5.82. The second kappa shape index (κ2) is 4.65. The zero-order chi connectivity index (χ0) is 10.7. The summed E-state index contributed by atoms with van der Waals surface area (Å²) in [6.45, 7) is 4.14. The summed E-state index contributed by atoms with van der Waals surface area (Å²) in [6, 6.07) is 0. The summed E-state index contributed by atoms with van der Waals surface area (Å²) < 4.78 is 0. The summed E-state index contributed by atoms with van der Waals surface area (Å²) in [7, 11) is 1.80. The average Bonchev–Trinajstić information content (AvgIpc) is 2.17. The summed E-state index contributed by atoms with van der Waals surface area (Å²) in [5.74, 6) is 7.65. The van der Waals surface area contributed by atoms with E-state index in [9.17, 15) is 0 Å². The first-order valence-corrected chi connectivity index (χ1v) is 5.79. The van der Waals surface area contributed by atoms with Crippen molar-refractivity contribution in [2.45, 2.75) is 19.3 Å². The molecule has 1 heterocycles. The fourth-order valence-corrected chi connectivity index (χ4v) is 1.64. The van der Waals surface area contributed by atoms with Crippen molar-refractivity contribution in [3.63, 3.8) is 0 Å². The second-order valence-corrected chi connectivity index (χ2v) is 4.19. The van der Waals surface area contributed by atoms with Crippen molar-refractivity contribution in [3.05, 3.63) is 0 Å². The van der Waals surface area contributed by atoms with Gasteiger partial charge in [0.25, 0.3) is 0 Å². The number of nitrogens with two attached hydrogens (primary N) is 1. The Hall–Kier alpha value is -0.750. The summed E-state index contributed by atoms with van der Waals surface area (Å²) in [6.07, 6.45) is 1.98. The third-order valence-corrected chi connectivity index (χ3v) is 2.65. The largest absolute Gasteiger partial charge is 0.358 e. The highest BCUT2D eigenvalue weighted by Gasteiger charge is 2.23. The van der Waals surface area contributed by atoms with E-state index in [0.29, 0.717) is 11.9 Å². The van der Waals surface area contributed by atoms with E-state index < -0.39 is 0 Å². The lowest BCUT2D eigenvalue weighted by Gasteiger charge is -2.29. The highest BCUT2D eigenvalue weighted by atomic mass is 32.2. The lowest BCUT2D eigenvalue weighted by molar-refractivity contribution is 0.402. The minimum Gasteiger partial charge on any atom is -0.358 e. The van der Waals surface area contributed by atoms with E-state index in [1.165, 1.54) is 5.01 Å². The number of hydrogen-bond donors (Lipinski definition) is 2. The Morgan fingerprint density at radius 3 is 2.64 bits per heavy atom. The van der Waals surface area contributed by atoms with Crippen LogP contribution in [-0.4, -0.2) is 35.6 Å². The van der Waals surface area contributed by atoms with Crippen molar-refractivity contribution in [2.75, 3.05) is 13.3 Å². The number of thioether (sulfide) groups is 1. The Labute approximate surface area is 88.8 Å². The van der Waals surface area contributed by atoms with Gasteiger partial charge in [0, 0.05) is 13.0 Å². The molecule has 1 aliphatic rings. The summed E-state index contributed by atoms with van der Waals surface area (Å²) in [5.41, 5.74) is -0.0765. The van der Waals surface area contributed by atoms with Crippen LogP contribution in [0.15, 0.2) is 9.98 Å². The smallest absolute Gasteiger partial charge is 0.217 e. The van der Waals surface area contributed by atoms with Crippen molar-refractivity contribution in [2.24, 2.45) is 21.7 Å². The number of hydrogen-bond acceptors (Lipinski definition) is 6. The van der Waals surface area contributed by atoms with Crippen molar-refractivity contribution in [1.29, 1.82) is 0 Å². The third kappa shape index (κ3) is 2.19. The zero-order valence-electron chi connectivity index (χ0n) is 8.98. The van der Waals surface area contributed by atoms with Gasteiger partial charge < -0.3 is 5.32 Å². The molecule has 1 unspecified atom stereocenters. The van der Waals surface area contributed by atoms with Crippen molar-refractivity contribution in [1.82, 2.24) is 10.3 Å². The first-order chi connectivity index (χ1) is 6.60. The van der Waals surface area contributed by atoms with Gasteiger partial charge >= 0.3 is 0 Å². The maximum Gasteiger partial charge on any atom is 0.217 e. The quantitative estimate of drug-likeness (QED) is 0.656. The molecule has 3 N–H and O–H groups in total. The molecule has 1 rings (SSSR count). The highest BCUT2D eigenvalue weighted by molar-refractivity contribution is 7.99. The number of aliphatic imine (C=N–C) groups is 2. The van der Waals surface area contributed by atoms with Crippen molar-refractivity contribution in [3.8, 4) is 0 Å². The third-order valence-electron chi connectivity index (χ3n) is 1.90. The van der Waals surface area contributed by atoms with Gasteiger partial charge in [0.05, 0.1) is 0 Å². The Bertz CT molecular complexity index is 260. The molecule has 80 valence electrons. The van der Waals surface area contributed by atoms with Crippen LogP contribution in [0, 0.1) is 5.92 Å². The summed E-state index contributed by atoms with van der Waals surface area (Å²) >= 11 is 1.59. The SMILES string of the molecule is CNC1=NC(C(C)C)=NC(SC)N1N. The molecule has 0 bridgehead atoms. The van der Waals surface area contributed by atoms with Crippen LogP contribution in [0.3, 0.4) is 0 Å². The molecule has 0 radical (unpaired) electrons. The van der Waals surface area contributed by atoms with Crippen LogP contribution in [-0.2, 0) is 0 Å². The molecule has 1 atom stereocenters. The first kappa shape index (κ1) is 11.3. The van der Waals surface area contributed by atoms with Gasteiger partial charge in [0.15, 0.2) is 5.50 Å². The molecule has 0 aromatic heterocycles. The number of nitrogens with zero attached hydrogens (tertiary/aromatic N) is 3. The molecular formula is C8H17N5S. The van der Waals surface area contributed by atoms with Gasteiger partial charge in [-0.2, -0.15) is 4.99 Å². The lowest BCUT2D eigenvalue weighted by atomic mass is 10.2. The number of hydrazine groups is 1. The molecule has 0 saturated carbocycles. The van der Waals surface area contributed by atoms with E-state index in [1.807, 2.05) is 6.26 Å². The van der Waals surface area contributed by atoms with Gasteiger partial charge in [-0.15, -0.1) is 11.8 Å². The summed E-state index contributed by atoms with van der Waals surface area (Å²) in [4.78, 5) is 8.75. The van der Waals surface area contributed by atoms with Crippen molar-refractivity contribution >= 4 is 23.6 Å². The topological polar surface area (TPSA) is 66.0 Å². The van der Waals surface area contributed by atoms with Crippen LogP contribution < -0.4 is 11.2 Å². The molecule has 14 heavy (non-hydrogen) atoms. The van der Waals surface area contributed by atoms with Crippen LogP contribution in [0.4, 0.5) is 0 Å². The summed E-state index contributed by atoms with van der Waals surface area (Å²) in [5, 5.41) is 4.50. The predicted octanol–water partition coefficient (Wildman–Crippen LogP) is 0.452. The van der Waals surface area contributed by atoms with Gasteiger partial charge in [-0.25, -0.2) is 15.8 Å². The number of rotatable bonds is 2. The van der Waals surface area contributed by atoms with Gasteiger partial charge in [0.1, 0.15) is 5.84 Å². The standard InChI is InChI=1S/C8H17N5S/c1-5(2)6-11-7(10-3)13(9)8(12-6)14-4/h5,8H,9H2,1-4H3,(H,10,11,12). The first-order valence-electron chi connectivity index (χ1n) is 4.51. The van der Waals surface area contributed by atoms with E-state index in [0.717, 1.165) is 5.84 Å². The molecule has 0 fully saturated rings. The monoisotopic (exact) mass is 215 g/mol. The van der Waals surface area contributed by atoms with Crippen LogP contribution in [0.25, 0.3) is 0 Å². The molecule has 0 amide bonds. The minimum absolute atomic E-state index is 0.0765. The van der Waals surface area contributed by atoms with E-state index in [-0.39, 0.29) is 5.50 Å². The van der Waals surface area contributed by atoms with Crippen LogP contribution in [0.2, 0.25) is 0 Å². The zero-order valence-corrected chi connectivity index (χ0v) is 9.80. The Balaban J connectivity index is 2.93. The number of nitrogens with one attached hydrogen (secondary N) is 1. The maximum absolute atomic E-state index is 5.82. The van der Waals surface area contributed by atoms with E-state index in [4.69, 9.17) is 5.84 Å². The molecule has 5 nitrogen and oxygen atoms in total. The molecule has 0 aliphatic carbocycles. The molecular weight excluding hydrogens is 198 g/mol. The molecule has 0 aromatic carbocycles. The van der Waals surface area contributed by atoms with Gasteiger partial charge in [0.2, 0.25) is 5.96 Å². The van der Waals surface area contributed by atoms with Gasteiger partial charge in [-0.05, 0) is 6.26 Å². The fourth-order valence-electron chi connectivity index (χ4n) is 1.10. The lowest BCUT2D eigenvalue weighted by Crippen LogP contribution is -2.51. The van der Waals surface area contributed by atoms with Gasteiger partial charge in [-0.1, -0.05) is 13.8 Å². The molecule has 1 aliphatic heterocycles. The molecule has 0 saturated heterocycles. The predicted molar refractivity (Wildman–Crippen MR) is 62.1 cm³/mol.